The molecule has 1 aromatic heterocycles. The minimum Gasteiger partial charge on any atom is -0.465 e. The van der Waals surface area contributed by atoms with Gasteiger partial charge >= 0.3 is 6.09 Å². The summed E-state index contributed by atoms with van der Waals surface area (Å²) in [5.74, 6) is -1.06. The molecule has 7 nitrogen and oxygen atoms in total. The molecule has 0 saturated carbocycles. The summed E-state index contributed by atoms with van der Waals surface area (Å²) in [4.78, 5) is 38.0. The molecule has 10 heteroatoms. The summed E-state index contributed by atoms with van der Waals surface area (Å²) in [6.07, 6.45) is 0.292. The number of carboxylic acid groups (broad SMARTS) is 1. The number of likely N-dealkylation sites (tertiary alicyclic amines) is 1. The molecule has 1 fully saturated rings. The Morgan fingerprint density at radius 2 is 2.07 bits per heavy atom. The van der Waals surface area contributed by atoms with Crippen molar-refractivity contribution in [2.75, 3.05) is 18.4 Å². The standard InChI is InChI=1S/C20H21FIN3O4S/c1-10-16(18(27)23-13-4-3-7-25(9-13)20(28)29)19(30-17(10)11(2)26)24-15-6-5-12(22)8-14(15)21/h5-6,8,13,24H,3-4,7,9H2,1-2H3,(H,23,27)(H,28,29)/t13-/m1/s1. The lowest BCUT2D eigenvalue weighted by atomic mass is 10.0. The first kappa shape index (κ1) is 22.5. The Labute approximate surface area is 190 Å². The molecule has 1 aliphatic rings. The van der Waals surface area contributed by atoms with Crippen LogP contribution in [0.25, 0.3) is 0 Å². The molecule has 1 aromatic carbocycles. The molecular formula is C20H21FIN3O4S. The third kappa shape index (κ3) is 4.91. The predicted octanol–water partition coefficient (Wildman–Crippen LogP) is 4.62. The van der Waals surface area contributed by atoms with Crippen molar-refractivity contribution in [1.82, 2.24) is 10.2 Å². The third-order valence-corrected chi connectivity index (χ3v) is 6.88. The second kappa shape index (κ2) is 9.29. The van der Waals surface area contributed by atoms with Gasteiger partial charge in [-0.2, -0.15) is 0 Å². The van der Waals surface area contributed by atoms with Gasteiger partial charge in [-0.25, -0.2) is 9.18 Å². The Balaban J connectivity index is 1.89. The summed E-state index contributed by atoms with van der Waals surface area (Å²) in [6.45, 7) is 3.74. The number of thiophene rings is 1. The number of ketones is 1. The van der Waals surface area contributed by atoms with Gasteiger partial charge in [-0.1, -0.05) is 0 Å². The zero-order valence-corrected chi connectivity index (χ0v) is 19.4. The number of nitrogens with zero attached hydrogens (tertiary/aromatic N) is 1. The highest BCUT2D eigenvalue weighted by molar-refractivity contribution is 14.1. The van der Waals surface area contributed by atoms with E-state index in [9.17, 15) is 23.9 Å². The van der Waals surface area contributed by atoms with Gasteiger partial charge in [-0.3, -0.25) is 9.59 Å². The van der Waals surface area contributed by atoms with Gasteiger partial charge in [-0.15, -0.1) is 11.3 Å². The Bertz CT molecular complexity index is 1010. The van der Waals surface area contributed by atoms with Crippen molar-refractivity contribution in [3.63, 3.8) is 0 Å². The smallest absolute Gasteiger partial charge is 0.407 e. The van der Waals surface area contributed by atoms with Gasteiger partial charge in [0, 0.05) is 22.7 Å². The van der Waals surface area contributed by atoms with E-state index in [0.717, 1.165) is 14.9 Å². The van der Waals surface area contributed by atoms with Crippen LogP contribution in [0, 0.1) is 16.3 Å². The number of hydrogen-bond acceptors (Lipinski definition) is 5. The first-order valence-corrected chi connectivity index (χ1v) is 11.2. The van der Waals surface area contributed by atoms with Crippen molar-refractivity contribution < 1.29 is 23.9 Å². The summed E-state index contributed by atoms with van der Waals surface area (Å²) in [5, 5.41) is 15.4. The zero-order valence-electron chi connectivity index (χ0n) is 16.4. The molecule has 0 bridgehead atoms. The van der Waals surface area contributed by atoms with Crippen molar-refractivity contribution in [1.29, 1.82) is 0 Å². The van der Waals surface area contributed by atoms with Gasteiger partial charge in [-0.05, 0) is 73.0 Å². The van der Waals surface area contributed by atoms with E-state index in [4.69, 9.17) is 0 Å². The number of anilines is 2. The van der Waals surface area contributed by atoms with Crippen molar-refractivity contribution in [3.8, 4) is 0 Å². The molecule has 30 heavy (non-hydrogen) atoms. The molecule has 0 aliphatic carbocycles. The fraction of sp³-hybridized carbons (Fsp3) is 0.350. The normalized spacial score (nSPS) is 16.3. The van der Waals surface area contributed by atoms with Crippen LogP contribution in [0.4, 0.5) is 19.9 Å². The van der Waals surface area contributed by atoms with E-state index in [2.05, 4.69) is 10.6 Å². The number of benzene rings is 1. The molecule has 2 aromatic rings. The Morgan fingerprint density at radius 1 is 1.33 bits per heavy atom. The summed E-state index contributed by atoms with van der Waals surface area (Å²) < 4.78 is 15.1. The average molecular weight is 545 g/mol. The van der Waals surface area contributed by atoms with E-state index < -0.39 is 17.8 Å². The number of carbonyl (C=O) groups excluding carboxylic acids is 2. The lowest BCUT2D eigenvalue weighted by Gasteiger charge is -2.31. The summed E-state index contributed by atoms with van der Waals surface area (Å²) >= 11 is 3.11. The molecule has 1 saturated heterocycles. The van der Waals surface area contributed by atoms with E-state index in [0.29, 0.717) is 34.8 Å². The van der Waals surface area contributed by atoms with E-state index in [1.54, 1.807) is 19.1 Å². The number of piperidine rings is 1. The van der Waals surface area contributed by atoms with E-state index in [-0.39, 0.29) is 29.6 Å². The Kier molecular flexibility index (Phi) is 6.96. The average Bonchev–Trinajstić information content (AvgIpc) is 3.00. The highest BCUT2D eigenvalue weighted by Gasteiger charge is 2.28. The zero-order chi connectivity index (χ0) is 22.0. The van der Waals surface area contributed by atoms with Crippen molar-refractivity contribution in [2.24, 2.45) is 0 Å². The van der Waals surface area contributed by atoms with Gasteiger partial charge in [0.15, 0.2) is 5.78 Å². The maximum absolute atomic E-state index is 14.3. The SMILES string of the molecule is CC(=O)c1sc(Nc2ccc(I)cc2F)c(C(=O)N[C@@H]2CCCN(C(=O)O)C2)c1C. The number of hydrogen-bond donors (Lipinski definition) is 3. The quantitative estimate of drug-likeness (QED) is 0.377. The van der Waals surface area contributed by atoms with Crippen LogP contribution in [0.3, 0.4) is 0 Å². The van der Waals surface area contributed by atoms with Crippen LogP contribution < -0.4 is 10.6 Å². The summed E-state index contributed by atoms with van der Waals surface area (Å²) in [7, 11) is 0. The summed E-state index contributed by atoms with van der Waals surface area (Å²) in [6, 6.07) is 4.36. The molecule has 160 valence electrons. The molecule has 0 radical (unpaired) electrons. The van der Waals surface area contributed by atoms with E-state index in [1.165, 1.54) is 17.9 Å². The predicted molar refractivity (Wildman–Crippen MR) is 122 cm³/mol. The Hall–Kier alpha value is -2.21. The van der Waals surface area contributed by atoms with Crippen LogP contribution in [0.5, 0.6) is 0 Å². The minimum atomic E-state index is -1.02. The number of halogens is 2. The summed E-state index contributed by atoms with van der Waals surface area (Å²) in [5.41, 5.74) is 0.996. The third-order valence-electron chi connectivity index (χ3n) is 4.90. The van der Waals surface area contributed by atoms with Gasteiger partial charge in [0.2, 0.25) is 0 Å². The number of nitrogens with one attached hydrogen (secondary N) is 2. The fourth-order valence-corrected chi connectivity index (χ4v) is 5.02. The van der Waals surface area contributed by atoms with Gasteiger partial charge in [0.05, 0.1) is 16.1 Å². The largest absolute Gasteiger partial charge is 0.465 e. The lowest BCUT2D eigenvalue weighted by molar-refractivity contribution is 0.0889. The molecule has 1 aliphatic heterocycles. The first-order chi connectivity index (χ1) is 14.2. The maximum atomic E-state index is 14.3. The van der Waals surface area contributed by atoms with Crippen molar-refractivity contribution >= 4 is 62.4 Å². The van der Waals surface area contributed by atoms with Crippen LogP contribution in [0.1, 0.15) is 45.4 Å². The number of Topliss-reactive ketones (excluding diaryl/α,β-unsaturated/α-hetero) is 1. The van der Waals surface area contributed by atoms with Crippen LogP contribution in [-0.4, -0.2) is 46.9 Å². The first-order valence-electron chi connectivity index (χ1n) is 9.32. The van der Waals surface area contributed by atoms with Crippen LogP contribution >= 0.6 is 33.9 Å². The van der Waals surface area contributed by atoms with Gasteiger partial charge < -0.3 is 20.6 Å². The molecule has 1 atom stereocenters. The molecular weight excluding hydrogens is 524 g/mol. The second-order valence-electron chi connectivity index (χ2n) is 7.11. The number of rotatable bonds is 5. The van der Waals surface area contributed by atoms with Crippen molar-refractivity contribution in [3.05, 3.63) is 43.6 Å². The van der Waals surface area contributed by atoms with E-state index in [1.807, 2.05) is 22.6 Å². The number of amides is 2. The van der Waals surface area contributed by atoms with Crippen LogP contribution in [-0.2, 0) is 0 Å². The maximum Gasteiger partial charge on any atom is 0.407 e. The van der Waals surface area contributed by atoms with Gasteiger partial charge in [0.25, 0.3) is 5.91 Å². The second-order valence-corrected chi connectivity index (χ2v) is 9.37. The monoisotopic (exact) mass is 545 g/mol. The minimum absolute atomic E-state index is 0.183. The molecule has 0 unspecified atom stereocenters. The van der Waals surface area contributed by atoms with Crippen LogP contribution in [0.15, 0.2) is 18.2 Å². The highest BCUT2D eigenvalue weighted by atomic mass is 127. The topological polar surface area (TPSA) is 98.7 Å². The molecule has 0 spiro atoms. The lowest BCUT2D eigenvalue weighted by Crippen LogP contribution is -2.49. The molecule has 3 rings (SSSR count). The van der Waals surface area contributed by atoms with Crippen LogP contribution in [0.2, 0.25) is 0 Å². The van der Waals surface area contributed by atoms with Crippen molar-refractivity contribution in [2.45, 2.75) is 32.7 Å². The Morgan fingerprint density at radius 3 is 2.70 bits per heavy atom. The highest BCUT2D eigenvalue weighted by Crippen LogP contribution is 2.36. The molecule has 2 heterocycles. The van der Waals surface area contributed by atoms with Gasteiger partial charge in [0.1, 0.15) is 10.8 Å². The molecule has 3 N–H and O–H groups in total. The van der Waals surface area contributed by atoms with E-state index >= 15 is 0 Å². The molecule has 2 amide bonds. The number of carbonyl (C=O) groups is 3. The fourth-order valence-electron chi connectivity index (χ4n) is 3.45.